The lowest BCUT2D eigenvalue weighted by Gasteiger charge is -2.18. The van der Waals surface area contributed by atoms with Crippen LogP contribution in [0.15, 0.2) is 36.4 Å². The Morgan fingerprint density at radius 1 is 1.05 bits per heavy atom. The molecule has 0 aliphatic heterocycles. The minimum Gasteiger partial charge on any atom is -0.495 e. The van der Waals surface area contributed by atoms with Crippen LogP contribution in [0.25, 0.3) is 0 Å². The summed E-state index contributed by atoms with van der Waals surface area (Å²) in [6, 6.07) is 11.0. The molecule has 0 aliphatic carbocycles. The van der Waals surface area contributed by atoms with Gasteiger partial charge in [-0.1, -0.05) is 41.4 Å². The van der Waals surface area contributed by atoms with Crippen molar-refractivity contribution >= 4 is 23.2 Å². The van der Waals surface area contributed by atoms with Crippen LogP contribution in [0, 0.1) is 0 Å². The molecule has 0 bridgehead atoms. The fourth-order valence-electron chi connectivity index (χ4n) is 2.22. The molecule has 0 spiro atoms. The van der Waals surface area contributed by atoms with Gasteiger partial charge in [0.05, 0.1) is 14.2 Å². The third kappa shape index (κ3) is 3.43. The van der Waals surface area contributed by atoms with Crippen molar-refractivity contribution in [3.8, 4) is 11.5 Å². The third-order valence-electron chi connectivity index (χ3n) is 3.31. The maximum absolute atomic E-state index is 6.29. The minimum atomic E-state index is -0.275. The van der Waals surface area contributed by atoms with Crippen LogP contribution >= 0.6 is 23.2 Å². The van der Waals surface area contributed by atoms with Gasteiger partial charge in [-0.05, 0) is 30.2 Å². The number of ether oxygens (including phenoxy) is 2. The smallest absolute Gasteiger partial charge is 0.146 e. The van der Waals surface area contributed by atoms with Crippen LogP contribution in [-0.4, -0.2) is 14.2 Å². The van der Waals surface area contributed by atoms with Crippen LogP contribution < -0.4 is 15.2 Å². The van der Waals surface area contributed by atoms with Crippen molar-refractivity contribution in [1.82, 2.24) is 0 Å². The van der Waals surface area contributed by atoms with Gasteiger partial charge < -0.3 is 15.2 Å². The van der Waals surface area contributed by atoms with Gasteiger partial charge in [-0.25, -0.2) is 0 Å². The van der Waals surface area contributed by atoms with Crippen molar-refractivity contribution in [3.05, 3.63) is 57.6 Å². The number of methoxy groups -OCH3 is 2. The van der Waals surface area contributed by atoms with Crippen LogP contribution in [0.1, 0.15) is 17.2 Å². The summed E-state index contributed by atoms with van der Waals surface area (Å²) in [4.78, 5) is 0. The van der Waals surface area contributed by atoms with E-state index in [1.807, 2.05) is 30.3 Å². The standard InChI is InChI=1S/C16H17Cl2NO2/c1-20-14-8-7-11(16(21-2)15(14)18)13(19)9-10-5-3-4-6-12(10)17/h3-8,13H,9,19H2,1-2H3. The summed E-state index contributed by atoms with van der Waals surface area (Å²) >= 11 is 12.4. The monoisotopic (exact) mass is 325 g/mol. The molecule has 0 saturated carbocycles. The second-order valence-corrected chi connectivity index (χ2v) is 5.39. The van der Waals surface area contributed by atoms with E-state index in [0.29, 0.717) is 28.0 Å². The summed E-state index contributed by atoms with van der Waals surface area (Å²) in [7, 11) is 3.12. The average Bonchev–Trinajstić information content (AvgIpc) is 2.49. The van der Waals surface area contributed by atoms with Crippen LogP contribution in [0.5, 0.6) is 11.5 Å². The van der Waals surface area contributed by atoms with E-state index in [0.717, 1.165) is 11.1 Å². The van der Waals surface area contributed by atoms with Crippen molar-refractivity contribution in [3.63, 3.8) is 0 Å². The van der Waals surface area contributed by atoms with Crippen LogP contribution in [0.4, 0.5) is 0 Å². The molecule has 5 heteroatoms. The second kappa shape index (κ2) is 7.03. The molecule has 2 N–H and O–H groups in total. The minimum absolute atomic E-state index is 0.275. The number of benzene rings is 2. The first kappa shape index (κ1) is 16.0. The molecule has 0 aromatic heterocycles. The molecule has 0 aliphatic rings. The Hall–Kier alpha value is -1.42. The summed E-state index contributed by atoms with van der Waals surface area (Å²) < 4.78 is 10.6. The molecule has 0 saturated heterocycles. The zero-order chi connectivity index (χ0) is 15.4. The van der Waals surface area contributed by atoms with E-state index in [1.54, 1.807) is 20.3 Å². The maximum Gasteiger partial charge on any atom is 0.146 e. The molecule has 3 nitrogen and oxygen atoms in total. The summed E-state index contributed by atoms with van der Waals surface area (Å²) in [5, 5.41) is 1.12. The highest BCUT2D eigenvalue weighted by Gasteiger charge is 2.19. The zero-order valence-corrected chi connectivity index (χ0v) is 13.4. The fourth-order valence-corrected chi connectivity index (χ4v) is 2.76. The van der Waals surface area contributed by atoms with E-state index in [4.69, 9.17) is 38.4 Å². The van der Waals surface area contributed by atoms with E-state index in [2.05, 4.69) is 0 Å². The average molecular weight is 326 g/mol. The molecule has 1 atom stereocenters. The van der Waals surface area contributed by atoms with Gasteiger partial charge >= 0.3 is 0 Å². The molecule has 2 rings (SSSR count). The summed E-state index contributed by atoms with van der Waals surface area (Å²) in [6.07, 6.45) is 0.596. The number of hydrogen-bond donors (Lipinski definition) is 1. The Kier molecular flexibility index (Phi) is 5.34. The summed E-state index contributed by atoms with van der Waals surface area (Å²) in [6.45, 7) is 0. The van der Waals surface area contributed by atoms with Gasteiger partial charge in [-0.15, -0.1) is 0 Å². The first-order valence-corrected chi connectivity index (χ1v) is 7.23. The Labute approximate surface area is 134 Å². The van der Waals surface area contributed by atoms with Gasteiger partial charge in [0.2, 0.25) is 0 Å². The van der Waals surface area contributed by atoms with Crippen LogP contribution in [-0.2, 0) is 6.42 Å². The number of nitrogens with two attached hydrogens (primary N) is 1. The molecule has 0 amide bonds. The van der Waals surface area contributed by atoms with Gasteiger partial charge in [-0.2, -0.15) is 0 Å². The Balaban J connectivity index is 2.33. The first-order chi connectivity index (χ1) is 10.1. The van der Waals surface area contributed by atoms with Gasteiger partial charge in [-0.3, -0.25) is 0 Å². The Bertz CT molecular complexity index is 632. The molecule has 0 heterocycles. The molecular weight excluding hydrogens is 309 g/mol. The van der Waals surface area contributed by atoms with Crippen LogP contribution in [0.3, 0.4) is 0 Å². The maximum atomic E-state index is 6.29. The van der Waals surface area contributed by atoms with Gasteiger partial charge in [0.1, 0.15) is 16.5 Å². The summed E-state index contributed by atoms with van der Waals surface area (Å²) in [5.41, 5.74) is 8.10. The predicted molar refractivity (Wildman–Crippen MR) is 86.6 cm³/mol. The van der Waals surface area contributed by atoms with Gasteiger partial charge in [0, 0.05) is 16.6 Å². The fraction of sp³-hybridized carbons (Fsp3) is 0.250. The lowest BCUT2D eigenvalue weighted by atomic mass is 9.98. The zero-order valence-electron chi connectivity index (χ0n) is 11.9. The van der Waals surface area contributed by atoms with Crippen LogP contribution in [0.2, 0.25) is 10.0 Å². The largest absolute Gasteiger partial charge is 0.495 e. The van der Waals surface area contributed by atoms with Crippen molar-refractivity contribution in [1.29, 1.82) is 0 Å². The highest BCUT2D eigenvalue weighted by molar-refractivity contribution is 6.33. The predicted octanol–water partition coefficient (Wildman–Crippen LogP) is 4.25. The summed E-state index contributed by atoms with van der Waals surface area (Å²) in [5.74, 6) is 1.10. The number of hydrogen-bond acceptors (Lipinski definition) is 3. The molecular formula is C16H17Cl2NO2. The van der Waals surface area contributed by atoms with E-state index in [9.17, 15) is 0 Å². The number of rotatable bonds is 5. The topological polar surface area (TPSA) is 44.5 Å². The van der Waals surface area contributed by atoms with Crippen molar-refractivity contribution in [2.24, 2.45) is 5.73 Å². The number of halogens is 2. The lowest BCUT2D eigenvalue weighted by molar-refractivity contribution is 0.389. The van der Waals surface area contributed by atoms with Crippen molar-refractivity contribution < 1.29 is 9.47 Å². The van der Waals surface area contributed by atoms with E-state index < -0.39 is 0 Å². The molecule has 2 aromatic carbocycles. The third-order valence-corrected chi connectivity index (χ3v) is 4.04. The highest BCUT2D eigenvalue weighted by Crippen LogP contribution is 2.39. The first-order valence-electron chi connectivity index (χ1n) is 6.47. The Morgan fingerprint density at radius 2 is 1.76 bits per heavy atom. The van der Waals surface area contributed by atoms with E-state index in [1.165, 1.54) is 0 Å². The molecule has 0 radical (unpaired) electrons. The highest BCUT2D eigenvalue weighted by atomic mass is 35.5. The molecule has 112 valence electrons. The second-order valence-electron chi connectivity index (χ2n) is 4.61. The molecule has 21 heavy (non-hydrogen) atoms. The molecule has 1 unspecified atom stereocenters. The normalized spacial score (nSPS) is 12.0. The van der Waals surface area contributed by atoms with Gasteiger partial charge in [0.25, 0.3) is 0 Å². The van der Waals surface area contributed by atoms with Crippen molar-refractivity contribution in [2.45, 2.75) is 12.5 Å². The molecule has 2 aromatic rings. The Morgan fingerprint density at radius 3 is 2.38 bits per heavy atom. The lowest BCUT2D eigenvalue weighted by Crippen LogP contribution is -2.15. The van der Waals surface area contributed by atoms with E-state index in [-0.39, 0.29) is 6.04 Å². The van der Waals surface area contributed by atoms with Crippen molar-refractivity contribution in [2.75, 3.05) is 14.2 Å². The van der Waals surface area contributed by atoms with E-state index >= 15 is 0 Å². The van der Waals surface area contributed by atoms with Gasteiger partial charge in [0.15, 0.2) is 0 Å². The quantitative estimate of drug-likeness (QED) is 0.893. The molecule has 0 fully saturated rings. The SMILES string of the molecule is COc1ccc(C(N)Cc2ccccc2Cl)c(OC)c1Cl.